The molecule has 2 aliphatic rings. The zero-order valence-corrected chi connectivity index (χ0v) is 27.3. The molecule has 308 valence electrons. The predicted octanol–water partition coefficient (Wildman–Crippen LogP) is 5.94. The van der Waals surface area contributed by atoms with Crippen LogP contribution in [0.15, 0.2) is 0 Å². The number of esters is 5. The first-order valence-electron chi connectivity index (χ1n) is 13.3. The molecular formula is C35H82O14Sn+2. The van der Waals surface area contributed by atoms with Crippen LogP contribution in [0.1, 0.15) is 139 Å². The molecule has 3 N–H and O–H groups in total. The van der Waals surface area contributed by atoms with Gasteiger partial charge in [-0.3, -0.25) is 9.59 Å². The number of rotatable bonds is 12. The number of cyclic esters (lactones) is 3. The fourth-order valence-corrected chi connectivity index (χ4v) is 2.51. The average molecular weight is 846 g/mol. The van der Waals surface area contributed by atoms with Gasteiger partial charge in [0.15, 0.2) is 18.3 Å². The van der Waals surface area contributed by atoms with Crippen molar-refractivity contribution in [3.63, 3.8) is 0 Å². The molecule has 15 heteroatoms. The Morgan fingerprint density at radius 3 is 1.52 bits per heavy atom. The molecule has 0 aliphatic carbocycles. The Hall–Kier alpha value is -2.01. The van der Waals surface area contributed by atoms with Crippen LogP contribution in [-0.2, 0) is 52.4 Å². The minimum Gasteiger partial charge on any atom is -0.466 e. The third-order valence-corrected chi connectivity index (χ3v) is 4.77. The number of ether oxygens (including phenoxy) is 6. The Morgan fingerprint density at radius 2 is 1.20 bits per heavy atom. The van der Waals surface area contributed by atoms with Gasteiger partial charge in [-0.05, 0) is 52.9 Å². The average Bonchev–Trinajstić information content (AvgIpc) is 2.92. The molecule has 2 aliphatic heterocycles. The summed E-state index contributed by atoms with van der Waals surface area (Å²) < 4.78 is 28.4. The molecular weight excluding hydrogens is 763 g/mol. The van der Waals surface area contributed by atoms with Crippen molar-refractivity contribution in [3.05, 3.63) is 0 Å². The third-order valence-electron chi connectivity index (χ3n) is 4.77. The summed E-state index contributed by atoms with van der Waals surface area (Å²) in [6, 6.07) is 0. The van der Waals surface area contributed by atoms with Crippen molar-refractivity contribution < 1.29 is 67.7 Å². The molecule has 14 nitrogen and oxygen atoms in total. The van der Waals surface area contributed by atoms with Gasteiger partial charge in [0.25, 0.3) is 0 Å². The Morgan fingerprint density at radius 1 is 0.740 bits per heavy atom. The summed E-state index contributed by atoms with van der Waals surface area (Å²) in [7, 11) is 1.60. The van der Waals surface area contributed by atoms with Crippen LogP contribution in [0.5, 0.6) is 0 Å². The van der Waals surface area contributed by atoms with Gasteiger partial charge in [0.2, 0.25) is 0 Å². The normalized spacial score (nSPS) is 14.7. The van der Waals surface area contributed by atoms with Crippen LogP contribution < -0.4 is 0 Å². The van der Waals surface area contributed by atoms with E-state index in [1.54, 1.807) is 7.11 Å². The number of carbonyl (C=O) groups excluding carboxylic acids is 5. The van der Waals surface area contributed by atoms with E-state index in [1.807, 2.05) is 0 Å². The predicted molar refractivity (Wildman–Crippen MR) is 205 cm³/mol. The smallest absolute Gasteiger partial charge is 0.466 e. The van der Waals surface area contributed by atoms with E-state index >= 15 is 0 Å². The number of unbranched alkanes of at least 4 members (excludes halogenated alkanes) is 1. The van der Waals surface area contributed by atoms with Crippen molar-refractivity contribution in [3.8, 4) is 0 Å². The Bertz CT molecular complexity index is 694. The number of hydrogen-bond donors (Lipinski definition) is 3. The quantitative estimate of drug-likeness (QED) is 0.0902. The number of hydrogen-bond acceptors (Lipinski definition) is 14. The molecule has 0 saturated carbocycles. The first kappa shape index (κ1) is 81.8. The van der Waals surface area contributed by atoms with E-state index in [0.29, 0.717) is 38.9 Å². The van der Waals surface area contributed by atoms with Crippen LogP contribution in [0.2, 0.25) is 0 Å². The second-order valence-corrected chi connectivity index (χ2v) is 8.46. The molecule has 0 amide bonds. The molecule has 0 aromatic heterocycles. The molecule has 2 saturated heterocycles. The fourth-order valence-electron chi connectivity index (χ4n) is 2.51. The maximum Gasteiger partial charge on any atom is 2.00 e. The van der Waals surface area contributed by atoms with Gasteiger partial charge in [0, 0.05) is 52.8 Å². The van der Waals surface area contributed by atoms with Crippen LogP contribution >= 0.6 is 0 Å². The van der Waals surface area contributed by atoms with E-state index in [0.717, 1.165) is 19.3 Å². The van der Waals surface area contributed by atoms with Crippen molar-refractivity contribution in [2.45, 2.75) is 157 Å². The summed E-state index contributed by atoms with van der Waals surface area (Å²) in [6.45, 7) is 5.94. The maximum absolute atomic E-state index is 11.3. The van der Waals surface area contributed by atoms with Gasteiger partial charge in [-0.2, -0.15) is 0 Å². The molecule has 0 aromatic carbocycles. The van der Waals surface area contributed by atoms with Crippen molar-refractivity contribution in [1.29, 1.82) is 0 Å². The van der Waals surface area contributed by atoms with Gasteiger partial charge in [-0.15, -0.1) is 0 Å². The molecule has 0 aromatic rings. The van der Waals surface area contributed by atoms with Gasteiger partial charge >= 0.3 is 53.8 Å². The van der Waals surface area contributed by atoms with E-state index in [-0.39, 0.29) is 130 Å². The largest absolute Gasteiger partial charge is 2.00 e. The zero-order chi connectivity index (χ0) is 30.8. The SMILES string of the molecule is C.C.C.C.C.C.C.C.C.CC1OC(=O)C(C)OC1=O.COCCCCC(=O)OC(C)C(=O)OCCCO.O=C1CCCCO1.OCCCO.[Sn+2]. The minimum absolute atomic E-state index is 0. The van der Waals surface area contributed by atoms with E-state index in [9.17, 15) is 24.0 Å². The van der Waals surface area contributed by atoms with Crippen LogP contribution in [-0.4, -0.2) is 134 Å². The van der Waals surface area contributed by atoms with Crippen LogP contribution in [0.25, 0.3) is 0 Å². The second-order valence-electron chi connectivity index (χ2n) is 8.46. The van der Waals surface area contributed by atoms with Crippen LogP contribution in [0, 0.1) is 0 Å². The molecule has 0 bridgehead atoms. The van der Waals surface area contributed by atoms with E-state index in [4.69, 9.17) is 29.5 Å². The molecule has 0 spiro atoms. The van der Waals surface area contributed by atoms with Gasteiger partial charge in [-0.1, -0.05) is 66.8 Å². The Balaban J connectivity index is -0.0000000393. The van der Waals surface area contributed by atoms with Gasteiger partial charge < -0.3 is 43.7 Å². The minimum atomic E-state index is -0.904. The summed E-state index contributed by atoms with van der Waals surface area (Å²) in [5.41, 5.74) is 0. The first-order chi connectivity index (χ1) is 19.0. The topological polar surface area (TPSA) is 201 Å². The first-order valence-corrected chi connectivity index (χ1v) is 13.3. The zero-order valence-electron chi connectivity index (χ0n) is 24.5. The van der Waals surface area contributed by atoms with Crippen molar-refractivity contribution in [2.24, 2.45) is 0 Å². The van der Waals surface area contributed by atoms with Crippen molar-refractivity contribution in [2.75, 3.05) is 46.8 Å². The maximum atomic E-state index is 11.3. The van der Waals surface area contributed by atoms with E-state index in [1.165, 1.54) is 20.8 Å². The molecule has 3 unspecified atom stereocenters. The number of methoxy groups -OCH3 is 1. The van der Waals surface area contributed by atoms with Crippen molar-refractivity contribution >= 4 is 53.8 Å². The molecule has 50 heavy (non-hydrogen) atoms. The van der Waals surface area contributed by atoms with Gasteiger partial charge in [-0.25, -0.2) is 14.4 Å². The standard InChI is InChI=1S/C12H22O6.C6H8O4.C5H8O2.C3H8O2.9CH4.Sn/c1-10(12(15)17-9-5-7-13)18-11(14)6-3-4-8-16-2;1-3-5(7)10-4(2)6(8)9-3;6-5-3-1-2-4-7-5;4-2-1-3-5;;;;;;;;;;/h10,13H,3-9H2,1-2H3;3-4H,1-2H3;1-4H2;4-5H,1-3H2;9*1H4;/q;;;;;;;;;;;;;+2. The number of carbonyl (C=O) groups is 5. The summed E-state index contributed by atoms with van der Waals surface area (Å²) in [5.74, 6) is -2.00. The van der Waals surface area contributed by atoms with Crippen LogP contribution in [0.4, 0.5) is 0 Å². The molecule has 2 heterocycles. The van der Waals surface area contributed by atoms with Gasteiger partial charge in [0.1, 0.15) is 0 Å². The van der Waals surface area contributed by atoms with Crippen LogP contribution in [0.3, 0.4) is 0 Å². The number of aliphatic hydroxyl groups excluding tert-OH is 3. The Labute approximate surface area is 324 Å². The van der Waals surface area contributed by atoms with Gasteiger partial charge in [0.05, 0.1) is 13.2 Å². The number of aliphatic hydroxyl groups is 3. The summed E-state index contributed by atoms with van der Waals surface area (Å²) >= 11 is 0. The van der Waals surface area contributed by atoms with E-state index in [2.05, 4.69) is 14.2 Å². The fraction of sp³-hybridized carbons (Fsp3) is 0.857. The van der Waals surface area contributed by atoms with E-state index < -0.39 is 42.2 Å². The summed E-state index contributed by atoms with van der Waals surface area (Å²) in [6.07, 6.45) is 2.87. The Kier molecular flexibility index (Phi) is 92.2. The monoisotopic (exact) mass is 846 g/mol. The summed E-state index contributed by atoms with van der Waals surface area (Å²) in [4.78, 5) is 54.2. The third kappa shape index (κ3) is 50.4. The summed E-state index contributed by atoms with van der Waals surface area (Å²) in [5, 5.41) is 24.3. The molecule has 3 atom stereocenters. The van der Waals surface area contributed by atoms with Crippen molar-refractivity contribution in [1.82, 2.24) is 0 Å². The molecule has 2 rings (SSSR count). The molecule has 2 fully saturated rings. The second kappa shape index (κ2) is 56.4. The molecule has 2 radical (unpaired) electrons.